The Kier molecular flexibility index (Phi) is 7.31. The van der Waals surface area contributed by atoms with Crippen molar-refractivity contribution < 1.29 is 18.4 Å². The Hall–Kier alpha value is -3.92. The molecule has 1 amide bonds. The topological polar surface area (TPSA) is 131 Å². The first-order chi connectivity index (χ1) is 18.7. The van der Waals surface area contributed by atoms with Crippen molar-refractivity contribution in [2.45, 2.75) is 44.7 Å². The normalized spacial score (nSPS) is 19.5. The molecule has 0 unspecified atom stereocenters. The van der Waals surface area contributed by atoms with E-state index in [1.54, 1.807) is 31.1 Å². The van der Waals surface area contributed by atoms with E-state index in [-0.39, 0.29) is 23.6 Å². The quantitative estimate of drug-likeness (QED) is 0.313. The number of benzene rings is 1. The van der Waals surface area contributed by atoms with Gasteiger partial charge >= 0.3 is 0 Å². The number of aryl methyl sites for hydroxylation is 1. The van der Waals surface area contributed by atoms with E-state index in [0.717, 1.165) is 10.9 Å². The van der Waals surface area contributed by atoms with Crippen molar-refractivity contribution in [2.24, 2.45) is 10.8 Å². The van der Waals surface area contributed by atoms with E-state index in [0.29, 0.717) is 65.5 Å². The third-order valence-corrected chi connectivity index (χ3v) is 7.37. The number of carbonyl (C=O) groups excluding carboxylic acids is 2. The van der Waals surface area contributed by atoms with Gasteiger partial charge in [0.1, 0.15) is 17.0 Å². The number of amidine groups is 1. The Bertz CT molecular complexity index is 1560. The third kappa shape index (κ3) is 5.08. The molecule has 0 bridgehead atoms. The lowest BCUT2D eigenvalue weighted by molar-refractivity contribution is -0.119. The Labute approximate surface area is 229 Å². The van der Waals surface area contributed by atoms with Gasteiger partial charge in [-0.3, -0.25) is 14.9 Å². The van der Waals surface area contributed by atoms with Crippen LogP contribution in [0.5, 0.6) is 0 Å². The number of likely N-dealkylation sites (N-methyl/N-ethyl adjacent to an activating group) is 1. The largest absolute Gasteiger partial charge is 0.454 e. The first-order valence-electron chi connectivity index (χ1n) is 12.7. The number of aromatic nitrogens is 2. The number of hydrogen-bond acceptors (Lipinski definition) is 8. The average Bonchev–Trinajstić information content (AvgIpc) is 3.46. The van der Waals surface area contributed by atoms with Crippen molar-refractivity contribution >= 4 is 46.0 Å². The monoisotopic (exact) mass is 553 g/mol. The van der Waals surface area contributed by atoms with Gasteiger partial charge in [0.2, 0.25) is 0 Å². The number of amides is 1. The number of hydrogen-bond donors (Lipinski definition) is 3. The Balaban J connectivity index is 1.48. The summed E-state index contributed by atoms with van der Waals surface area (Å²) in [5.41, 5.74) is 11.9. The van der Waals surface area contributed by atoms with Crippen molar-refractivity contribution in [2.75, 3.05) is 20.6 Å². The summed E-state index contributed by atoms with van der Waals surface area (Å²) in [4.78, 5) is 25.8. The van der Waals surface area contributed by atoms with Crippen LogP contribution in [0.3, 0.4) is 0 Å². The summed E-state index contributed by atoms with van der Waals surface area (Å²) in [7, 11) is 3.60. The van der Waals surface area contributed by atoms with Crippen molar-refractivity contribution in [1.82, 2.24) is 25.4 Å². The molecule has 1 saturated carbocycles. The average molecular weight is 554 g/mol. The Morgan fingerprint density at radius 1 is 1.36 bits per heavy atom. The fourth-order valence-electron chi connectivity index (χ4n) is 5.12. The van der Waals surface area contributed by atoms with Gasteiger partial charge in [-0.15, -0.1) is 0 Å². The van der Waals surface area contributed by atoms with Gasteiger partial charge in [-0.2, -0.15) is 10.2 Å². The lowest BCUT2D eigenvalue weighted by Gasteiger charge is -2.30. The number of rotatable bonds is 6. The van der Waals surface area contributed by atoms with Gasteiger partial charge in [0.15, 0.2) is 29.1 Å². The molecule has 0 atom stereocenters. The first kappa shape index (κ1) is 26.7. The first-order valence-corrected chi connectivity index (χ1v) is 13.0. The molecule has 3 aromatic rings. The van der Waals surface area contributed by atoms with Crippen LogP contribution in [0, 0.1) is 6.92 Å². The van der Waals surface area contributed by atoms with Gasteiger partial charge in [0.05, 0.1) is 11.6 Å². The van der Waals surface area contributed by atoms with Crippen LogP contribution < -0.4 is 16.5 Å². The number of fused-ring (bicyclic) bond motifs is 2. The molecule has 2 aliphatic rings. The second-order valence-corrected chi connectivity index (χ2v) is 10.5. The zero-order valence-corrected chi connectivity index (χ0v) is 22.6. The van der Waals surface area contributed by atoms with Crippen molar-refractivity contribution in [3.8, 4) is 11.5 Å². The molecule has 1 aliphatic heterocycles. The second-order valence-electron chi connectivity index (χ2n) is 10.1. The number of carbonyl (C=O) groups is 1. The fraction of sp³-hybridized carbons (Fsp3) is 0.370. The van der Waals surface area contributed by atoms with E-state index in [1.807, 2.05) is 23.6 Å². The molecule has 0 radical (unpaired) electrons. The van der Waals surface area contributed by atoms with Crippen LogP contribution in [-0.2, 0) is 9.59 Å². The highest BCUT2D eigenvalue weighted by Crippen LogP contribution is 2.41. The number of nitrogens with one attached hydrogen (secondary N) is 2. The molecule has 1 aromatic carbocycles. The molecule has 2 aromatic heterocycles. The number of nitrogens with two attached hydrogens (primary N) is 1. The van der Waals surface area contributed by atoms with Crippen LogP contribution in [-0.4, -0.2) is 59.0 Å². The summed E-state index contributed by atoms with van der Waals surface area (Å²) in [5, 5.41) is 13.1. The van der Waals surface area contributed by atoms with Crippen LogP contribution in [0.2, 0.25) is 5.02 Å². The fourth-order valence-corrected chi connectivity index (χ4v) is 5.30. The van der Waals surface area contributed by atoms with E-state index in [2.05, 4.69) is 15.8 Å². The summed E-state index contributed by atoms with van der Waals surface area (Å²) in [6.07, 6.45) is 3.81. The van der Waals surface area contributed by atoms with E-state index < -0.39 is 11.7 Å². The number of halogens is 2. The van der Waals surface area contributed by atoms with Gasteiger partial charge in [-0.1, -0.05) is 11.6 Å². The van der Waals surface area contributed by atoms with Crippen LogP contribution in [0.4, 0.5) is 4.39 Å². The minimum atomic E-state index is -0.788. The maximum Gasteiger partial charge on any atom is 0.279 e. The highest BCUT2D eigenvalue weighted by Gasteiger charge is 2.35. The Morgan fingerprint density at radius 2 is 2.10 bits per heavy atom. The molecule has 3 heterocycles. The second kappa shape index (κ2) is 10.7. The third-order valence-electron chi connectivity index (χ3n) is 7.14. The number of hydrazone groups is 1. The van der Waals surface area contributed by atoms with Crippen molar-refractivity contribution in [3.05, 3.63) is 51.9 Å². The Morgan fingerprint density at radius 3 is 2.79 bits per heavy atom. The molecule has 39 heavy (non-hydrogen) atoms. The van der Waals surface area contributed by atoms with Crippen LogP contribution in [0.25, 0.3) is 28.1 Å². The van der Waals surface area contributed by atoms with Crippen LogP contribution >= 0.6 is 11.6 Å². The molecular formula is C27H29ClFN7O3. The number of furan rings is 1. The molecule has 204 valence electrons. The highest BCUT2D eigenvalue weighted by atomic mass is 35.5. The molecule has 10 nitrogen and oxygen atoms in total. The standard InChI is InChI=1S/C27H29ClFN7O3/c1-14-18-12-15(28)4-9-21(18)39-25(14)24-22-23(20(13-37)32-33-26(22)30)34-36(24)17-7-5-16(6-8-17)31-27(38)19(29)10-11-35(2)3/h4,9-10,12,16-17,32H,5-8,11H2,1-3H3,(H2,30,33)(H,31,38)/b19-10-. The lowest BCUT2D eigenvalue weighted by Crippen LogP contribution is -2.38. The summed E-state index contributed by atoms with van der Waals surface area (Å²) in [6.45, 7) is 2.27. The van der Waals surface area contributed by atoms with E-state index >= 15 is 0 Å². The molecule has 1 fully saturated rings. The molecular weight excluding hydrogens is 525 g/mol. The van der Waals surface area contributed by atoms with E-state index in [4.69, 9.17) is 26.9 Å². The van der Waals surface area contributed by atoms with Crippen molar-refractivity contribution in [1.29, 1.82) is 0 Å². The summed E-state index contributed by atoms with van der Waals surface area (Å²) >= 11 is 6.24. The maximum absolute atomic E-state index is 14.2. The molecule has 1 aliphatic carbocycles. The zero-order chi connectivity index (χ0) is 27.8. The predicted molar refractivity (Wildman–Crippen MR) is 147 cm³/mol. The molecule has 0 saturated heterocycles. The summed E-state index contributed by atoms with van der Waals surface area (Å²) in [6, 6.07) is 5.13. The van der Waals surface area contributed by atoms with Gasteiger partial charge in [-0.25, -0.2) is 9.18 Å². The maximum atomic E-state index is 14.2. The molecule has 5 rings (SSSR count). The van der Waals surface area contributed by atoms with Gasteiger partial charge in [0.25, 0.3) is 5.91 Å². The van der Waals surface area contributed by atoms with Crippen LogP contribution in [0.1, 0.15) is 48.5 Å². The van der Waals surface area contributed by atoms with Crippen molar-refractivity contribution in [3.63, 3.8) is 0 Å². The van der Waals surface area contributed by atoms with Crippen LogP contribution in [0.15, 0.2) is 39.6 Å². The minimum Gasteiger partial charge on any atom is -0.454 e. The molecule has 0 spiro atoms. The molecule has 12 heteroatoms. The SMILES string of the molecule is Cc1c(-c2c3c(nn2C2CCC(NC(=O)/C(F)=C/CN(C)C)CC2)C(=C=O)NN=C3N)oc2ccc(Cl)cc12. The minimum absolute atomic E-state index is 0.0805. The smallest absolute Gasteiger partial charge is 0.279 e. The summed E-state index contributed by atoms with van der Waals surface area (Å²) in [5.74, 6) is 1.09. The predicted octanol–water partition coefficient (Wildman–Crippen LogP) is 3.67. The lowest BCUT2D eigenvalue weighted by atomic mass is 9.90. The zero-order valence-electron chi connectivity index (χ0n) is 21.8. The highest BCUT2D eigenvalue weighted by molar-refractivity contribution is 6.31. The van der Waals surface area contributed by atoms with Gasteiger partial charge in [0, 0.05) is 28.6 Å². The van der Waals surface area contributed by atoms with E-state index in [9.17, 15) is 14.0 Å². The summed E-state index contributed by atoms with van der Waals surface area (Å²) < 4.78 is 22.3. The molecule has 4 N–H and O–H groups in total. The van der Waals surface area contributed by atoms with E-state index in [1.165, 1.54) is 6.08 Å². The van der Waals surface area contributed by atoms with Gasteiger partial charge in [-0.05, 0) is 71.0 Å². The van der Waals surface area contributed by atoms with Gasteiger partial charge < -0.3 is 20.4 Å². The number of nitrogens with zero attached hydrogens (tertiary/aromatic N) is 4.